The molecule has 0 amide bonds. The Kier molecular flexibility index (Phi) is 6.18. The number of rotatable bonds is 4. The van der Waals surface area contributed by atoms with E-state index in [1.807, 2.05) is 0 Å². The predicted octanol–water partition coefficient (Wildman–Crippen LogP) is 1.12. The van der Waals surface area contributed by atoms with E-state index < -0.39 is 9.84 Å². The summed E-state index contributed by atoms with van der Waals surface area (Å²) in [6, 6.07) is 0. The molecule has 0 aromatic carbocycles. The molecule has 24 heavy (non-hydrogen) atoms. The molecular formula is C17H33N3O3S. The molecule has 2 fully saturated rings. The minimum absolute atomic E-state index is 0.169. The van der Waals surface area contributed by atoms with Crippen molar-refractivity contribution < 1.29 is 13.5 Å². The fraction of sp³-hybridized carbons (Fsp3) is 0.941. The largest absolute Gasteiger partial charge is 0.392 e. The van der Waals surface area contributed by atoms with Crippen molar-refractivity contribution >= 4 is 15.8 Å². The first-order chi connectivity index (χ1) is 11.1. The zero-order chi connectivity index (χ0) is 18.0. The average molecular weight is 360 g/mol. The van der Waals surface area contributed by atoms with Gasteiger partial charge in [0.1, 0.15) is 0 Å². The second-order valence-corrected chi connectivity index (χ2v) is 10.7. The number of likely N-dealkylation sites (tertiary alicyclic amines) is 1. The van der Waals surface area contributed by atoms with Crippen LogP contribution in [0.1, 0.15) is 40.5 Å². The number of nitrogens with zero attached hydrogens (tertiary/aromatic N) is 2. The Bertz CT molecular complexity index is 557. The SMILES string of the molecule is CC(C)CN=C(NCC1CCS(=O)(=O)C1)N1CCC(O)C(C)(C)C1. The van der Waals surface area contributed by atoms with E-state index in [0.717, 1.165) is 38.4 Å². The number of hydrogen-bond acceptors (Lipinski definition) is 4. The molecule has 140 valence electrons. The van der Waals surface area contributed by atoms with Gasteiger partial charge in [-0.25, -0.2) is 8.42 Å². The van der Waals surface area contributed by atoms with Gasteiger partial charge in [-0.05, 0) is 24.7 Å². The van der Waals surface area contributed by atoms with Gasteiger partial charge in [0.2, 0.25) is 0 Å². The summed E-state index contributed by atoms with van der Waals surface area (Å²) in [6.45, 7) is 11.3. The van der Waals surface area contributed by atoms with Crippen molar-refractivity contribution in [3.63, 3.8) is 0 Å². The minimum Gasteiger partial charge on any atom is -0.392 e. The van der Waals surface area contributed by atoms with Gasteiger partial charge < -0.3 is 15.3 Å². The third kappa shape index (κ3) is 5.34. The van der Waals surface area contributed by atoms with Crippen LogP contribution >= 0.6 is 0 Å². The molecule has 2 heterocycles. The van der Waals surface area contributed by atoms with E-state index in [1.165, 1.54) is 0 Å². The summed E-state index contributed by atoms with van der Waals surface area (Å²) in [5, 5.41) is 13.6. The monoisotopic (exact) mass is 359 g/mol. The maximum atomic E-state index is 11.6. The molecule has 0 bridgehead atoms. The summed E-state index contributed by atoms with van der Waals surface area (Å²) in [7, 11) is -2.85. The van der Waals surface area contributed by atoms with E-state index in [4.69, 9.17) is 4.99 Å². The van der Waals surface area contributed by atoms with Crippen molar-refractivity contribution in [2.45, 2.75) is 46.6 Å². The third-order valence-corrected chi connectivity index (χ3v) is 6.79. The summed E-state index contributed by atoms with van der Waals surface area (Å²) in [5.41, 5.74) is -0.171. The number of aliphatic hydroxyl groups excluding tert-OH is 1. The molecule has 2 N–H and O–H groups in total. The molecule has 2 atom stereocenters. The molecule has 0 aromatic rings. The van der Waals surface area contributed by atoms with Crippen LogP contribution in [0.2, 0.25) is 0 Å². The third-order valence-electron chi connectivity index (χ3n) is 4.95. The highest BCUT2D eigenvalue weighted by Gasteiger charge is 2.36. The van der Waals surface area contributed by atoms with Crippen LogP contribution in [0.5, 0.6) is 0 Å². The van der Waals surface area contributed by atoms with E-state index >= 15 is 0 Å². The van der Waals surface area contributed by atoms with Crippen molar-refractivity contribution in [2.24, 2.45) is 22.2 Å². The molecule has 2 rings (SSSR count). The lowest BCUT2D eigenvalue weighted by Crippen LogP contribution is -2.54. The van der Waals surface area contributed by atoms with Crippen LogP contribution in [-0.2, 0) is 9.84 Å². The smallest absolute Gasteiger partial charge is 0.193 e. The number of aliphatic hydroxyl groups is 1. The zero-order valence-corrected chi connectivity index (χ0v) is 16.3. The van der Waals surface area contributed by atoms with Crippen LogP contribution in [-0.4, -0.2) is 68.2 Å². The van der Waals surface area contributed by atoms with Gasteiger partial charge in [0.05, 0.1) is 17.6 Å². The average Bonchev–Trinajstić information content (AvgIpc) is 2.81. The highest BCUT2D eigenvalue weighted by molar-refractivity contribution is 7.91. The summed E-state index contributed by atoms with van der Waals surface area (Å²) in [5.74, 6) is 2.08. The zero-order valence-electron chi connectivity index (χ0n) is 15.5. The van der Waals surface area contributed by atoms with Gasteiger partial charge in [0.15, 0.2) is 15.8 Å². The molecule has 0 spiro atoms. The molecule has 0 aromatic heterocycles. The Morgan fingerprint density at radius 2 is 2.08 bits per heavy atom. The molecule has 6 nitrogen and oxygen atoms in total. The molecular weight excluding hydrogens is 326 g/mol. The number of nitrogens with one attached hydrogen (secondary N) is 1. The number of hydrogen-bond donors (Lipinski definition) is 2. The molecule has 7 heteroatoms. The van der Waals surface area contributed by atoms with Gasteiger partial charge in [0, 0.05) is 31.6 Å². The first kappa shape index (κ1) is 19.5. The van der Waals surface area contributed by atoms with E-state index in [1.54, 1.807) is 0 Å². The number of aliphatic imine (C=N–C) groups is 1. The van der Waals surface area contributed by atoms with Crippen LogP contribution in [0.3, 0.4) is 0 Å². The standard InChI is InChI=1S/C17H33N3O3S/c1-13(2)9-18-16(19-10-14-6-8-24(22,23)11-14)20-7-5-15(21)17(3,4)12-20/h13-15,21H,5-12H2,1-4H3,(H,18,19). The van der Waals surface area contributed by atoms with E-state index in [0.29, 0.717) is 18.2 Å². The maximum Gasteiger partial charge on any atom is 0.193 e. The highest BCUT2D eigenvalue weighted by Crippen LogP contribution is 2.29. The van der Waals surface area contributed by atoms with Crippen LogP contribution < -0.4 is 5.32 Å². The Labute approximate surface area is 146 Å². The fourth-order valence-corrected chi connectivity index (χ4v) is 5.19. The summed E-state index contributed by atoms with van der Waals surface area (Å²) >= 11 is 0. The van der Waals surface area contributed by atoms with Crippen molar-refractivity contribution in [3.8, 4) is 0 Å². The second-order valence-electron chi connectivity index (χ2n) is 8.42. The van der Waals surface area contributed by atoms with Crippen molar-refractivity contribution in [1.29, 1.82) is 0 Å². The number of sulfone groups is 1. The van der Waals surface area contributed by atoms with E-state index in [9.17, 15) is 13.5 Å². The van der Waals surface area contributed by atoms with Crippen LogP contribution in [0.25, 0.3) is 0 Å². The lowest BCUT2D eigenvalue weighted by atomic mass is 9.81. The summed E-state index contributed by atoms with van der Waals surface area (Å²) in [6.07, 6.45) is 1.17. The normalized spacial score (nSPS) is 29.9. The molecule has 2 saturated heterocycles. The van der Waals surface area contributed by atoms with Gasteiger partial charge in [0.25, 0.3) is 0 Å². The fourth-order valence-electron chi connectivity index (χ4n) is 3.33. The Morgan fingerprint density at radius 1 is 1.38 bits per heavy atom. The Hall–Kier alpha value is -0.820. The number of piperidine rings is 1. The minimum atomic E-state index is -2.85. The molecule has 2 aliphatic rings. The molecule has 0 radical (unpaired) electrons. The molecule has 2 aliphatic heterocycles. The van der Waals surface area contributed by atoms with Crippen LogP contribution in [0, 0.1) is 17.3 Å². The van der Waals surface area contributed by atoms with Gasteiger partial charge in [-0.3, -0.25) is 4.99 Å². The first-order valence-corrected chi connectivity index (χ1v) is 10.8. The molecule has 0 saturated carbocycles. The lowest BCUT2D eigenvalue weighted by Gasteiger charge is -2.43. The quantitative estimate of drug-likeness (QED) is 0.581. The topological polar surface area (TPSA) is 82.0 Å². The maximum absolute atomic E-state index is 11.6. The van der Waals surface area contributed by atoms with Gasteiger partial charge >= 0.3 is 0 Å². The van der Waals surface area contributed by atoms with Gasteiger partial charge in [-0.2, -0.15) is 0 Å². The van der Waals surface area contributed by atoms with E-state index in [-0.39, 0.29) is 23.2 Å². The van der Waals surface area contributed by atoms with Crippen LogP contribution in [0.15, 0.2) is 4.99 Å². The highest BCUT2D eigenvalue weighted by atomic mass is 32.2. The molecule has 2 unspecified atom stereocenters. The summed E-state index contributed by atoms with van der Waals surface area (Å²) < 4.78 is 23.3. The predicted molar refractivity (Wildman–Crippen MR) is 97.9 cm³/mol. The van der Waals surface area contributed by atoms with Crippen molar-refractivity contribution in [2.75, 3.05) is 37.7 Å². The van der Waals surface area contributed by atoms with Crippen molar-refractivity contribution in [3.05, 3.63) is 0 Å². The van der Waals surface area contributed by atoms with Crippen molar-refractivity contribution in [1.82, 2.24) is 10.2 Å². The Morgan fingerprint density at radius 3 is 2.62 bits per heavy atom. The first-order valence-electron chi connectivity index (χ1n) is 9.01. The summed E-state index contributed by atoms with van der Waals surface area (Å²) in [4.78, 5) is 6.94. The Balaban J connectivity index is 2.01. The van der Waals surface area contributed by atoms with E-state index in [2.05, 4.69) is 37.9 Å². The second kappa shape index (κ2) is 7.60. The number of guanidine groups is 1. The lowest BCUT2D eigenvalue weighted by molar-refractivity contribution is -0.00508. The van der Waals surface area contributed by atoms with Crippen LogP contribution in [0.4, 0.5) is 0 Å². The van der Waals surface area contributed by atoms with Gasteiger partial charge in [-0.15, -0.1) is 0 Å². The molecule has 0 aliphatic carbocycles. The van der Waals surface area contributed by atoms with Gasteiger partial charge in [-0.1, -0.05) is 27.7 Å².